The van der Waals surface area contributed by atoms with Crippen LogP contribution in [0.25, 0.3) is 0 Å². The van der Waals surface area contributed by atoms with E-state index in [0.717, 1.165) is 43.0 Å². The van der Waals surface area contributed by atoms with Crippen LogP contribution >= 0.6 is 0 Å². The van der Waals surface area contributed by atoms with E-state index in [1.165, 1.54) is 0 Å². The zero-order valence-corrected chi connectivity index (χ0v) is 18.5. The van der Waals surface area contributed by atoms with Crippen molar-refractivity contribution >= 4 is 17.5 Å². The van der Waals surface area contributed by atoms with E-state index in [-0.39, 0.29) is 12.6 Å². The lowest BCUT2D eigenvalue weighted by atomic mass is 10.0. The number of carbonyl (C=O) groups is 2. The Morgan fingerprint density at radius 2 is 1.71 bits per heavy atom. The molecule has 1 atom stereocenters. The Labute approximate surface area is 184 Å². The summed E-state index contributed by atoms with van der Waals surface area (Å²) in [5.74, 6) is -1.25. The SMILES string of the molecule is CN1CCN(C(CNC(=O)C(=O)NCc2cccnc2)c2ccc(N(C)C)cc2)CC1. The maximum absolute atomic E-state index is 12.4. The van der Waals surface area contributed by atoms with Gasteiger partial charge in [0, 0.05) is 71.4 Å². The van der Waals surface area contributed by atoms with Crippen LogP contribution in [0.2, 0.25) is 0 Å². The Morgan fingerprint density at radius 3 is 2.32 bits per heavy atom. The van der Waals surface area contributed by atoms with E-state index in [2.05, 4.69) is 61.6 Å². The van der Waals surface area contributed by atoms with Crippen LogP contribution in [0.4, 0.5) is 5.69 Å². The molecule has 0 spiro atoms. The van der Waals surface area contributed by atoms with Crippen molar-refractivity contribution in [1.29, 1.82) is 0 Å². The van der Waals surface area contributed by atoms with E-state index in [1.54, 1.807) is 18.5 Å². The first-order valence-electron chi connectivity index (χ1n) is 10.6. The highest BCUT2D eigenvalue weighted by Gasteiger charge is 2.25. The zero-order chi connectivity index (χ0) is 22.2. The van der Waals surface area contributed by atoms with Crippen molar-refractivity contribution in [3.63, 3.8) is 0 Å². The number of nitrogens with zero attached hydrogens (tertiary/aromatic N) is 4. The van der Waals surface area contributed by atoms with Crippen LogP contribution in [-0.2, 0) is 16.1 Å². The summed E-state index contributed by atoms with van der Waals surface area (Å²) in [7, 11) is 6.14. The van der Waals surface area contributed by atoms with Crippen molar-refractivity contribution in [3.05, 3.63) is 59.9 Å². The van der Waals surface area contributed by atoms with Crippen molar-refractivity contribution in [1.82, 2.24) is 25.4 Å². The molecule has 166 valence electrons. The summed E-state index contributed by atoms with van der Waals surface area (Å²) in [6, 6.07) is 12.0. The number of rotatable bonds is 7. The van der Waals surface area contributed by atoms with Gasteiger partial charge in [0.05, 0.1) is 6.04 Å². The molecule has 2 N–H and O–H groups in total. The molecule has 0 radical (unpaired) electrons. The normalized spacial score (nSPS) is 15.8. The summed E-state index contributed by atoms with van der Waals surface area (Å²) in [5, 5.41) is 5.48. The second-order valence-electron chi connectivity index (χ2n) is 8.09. The van der Waals surface area contributed by atoms with Gasteiger partial charge >= 0.3 is 11.8 Å². The molecule has 1 aliphatic heterocycles. The van der Waals surface area contributed by atoms with Gasteiger partial charge in [0.1, 0.15) is 0 Å². The molecule has 2 aromatic rings. The van der Waals surface area contributed by atoms with Gasteiger partial charge in [-0.25, -0.2) is 0 Å². The fourth-order valence-electron chi connectivity index (χ4n) is 3.62. The van der Waals surface area contributed by atoms with Crippen LogP contribution in [0.1, 0.15) is 17.2 Å². The standard InChI is InChI=1S/C23H32N6O2/c1-27(2)20-8-6-19(7-9-20)21(29-13-11-28(3)12-14-29)17-26-23(31)22(30)25-16-18-5-4-10-24-15-18/h4-10,15,21H,11-14,16-17H2,1-3H3,(H,25,30)(H,26,31). The Bertz CT molecular complexity index is 848. The summed E-state index contributed by atoms with van der Waals surface area (Å²) >= 11 is 0. The highest BCUT2D eigenvalue weighted by molar-refractivity contribution is 6.35. The summed E-state index contributed by atoms with van der Waals surface area (Å²) in [6.45, 7) is 4.44. The number of likely N-dealkylation sites (N-methyl/N-ethyl adjacent to an activating group) is 1. The van der Waals surface area contributed by atoms with Gasteiger partial charge in [-0.3, -0.25) is 19.5 Å². The minimum Gasteiger partial charge on any atom is -0.378 e. The molecular weight excluding hydrogens is 392 g/mol. The van der Waals surface area contributed by atoms with Gasteiger partial charge in [0.25, 0.3) is 0 Å². The predicted octanol–water partition coefficient (Wildman–Crippen LogP) is 0.869. The minimum absolute atomic E-state index is 0.0139. The molecule has 1 aromatic heterocycles. The molecule has 3 rings (SSSR count). The molecule has 1 unspecified atom stereocenters. The second kappa shape index (κ2) is 10.9. The Hall–Kier alpha value is -2.97. The number of piperazine rings is 1. The van der Waals surface area contributed by atoms with E-state index in [4.69, 9.17) is 0 Å². The first kappa shape index (κ1) is 22.7. The predicted molar refractivity (Wildman–Crippen MR) is 122 cm³/mol. The fraction of sp³-hybridized carbons (Fsp3) is 0.435. The number of benzene rings is 1. The van der Waals surface area contributed by atoms with Crippen molar-refractivity contribution in [2.75, 3.05) is 58.8 Å². The second-order valence-corrected chi connectivity index (χ2v) is 8.09. The van der Waals surface area contributed by atoms with E-state index in [0.29, 0.717) is 6.54 Å². The van der Waals surface area contributed by atoms with E-state index in [9.17, 15) is 9.59 Å². The fourth-order valence-corrected chi connectivity index (χ4v) is 3.62. The first-order valence-corrected chi connectivity index (χ1v) is 10.6. The molecule has 8 heteroatoms. The maximum Gasteiger partial charge on any atom is 0.309 e. The third kappa shape index (κ3) is 6.50. The van der Waals surface area contributed by atoms with Crippen LogP contribution in [0.5, 0.6) is 0 Å². The van der Waals surface area contributed by atoms with Crippen molar-refractivity contribution in [3.8, 4) is 0 Å². The van der Waals surface area contributed by atoms with Crippen molar-refractivity contribution < 1.29 is 9.59 Å². The molecule has 2 heterocycles. The summed E-state index contributed by atoms with van der Waals surface area (Å²) in [6.07, 6.45) is 3.33. The maximum atomic E-state index is 12.4. The molecule has 0 bridgehead atoms. The molecule has 1 aromatic carbocycles. The summed E-state index contributed by atoms with van der Waals surface area (Å²) < 4.78 is 0. The average Bonchev–Trinajstić information content (AvgIpc) is 2.79. The Kier molecular flexibility index (Phi) is 7.97. The van der Waals surface area contributed by atoms with Gasteiger partial charge in [-0.1, -0.05) is 18.2 Å². The molecule has 0 aliphatic carbocycles. The van der Waals surface area contributed by atoms with E-state index in [1.807, 2.05) is 20.2 Å². The molecule has 1 fully saturated rings. The number of hydrogen-bond acceptors (Lipinski definition) is 6. The van der Waals surface area contributed by atoms with Crippen LogP contribution < -0.4 is 15.5 Å². The number of hydrogen-bond donors (Lipinski definition) is 2. The van der Waals surface area contributed by atoms with Crippen LogP contribution in [0.3, 0.4) is 0 Å². The largest absolute Gasteiger partial charge is 0.378 e. The van der Waals surface area contributed by atoms with Gasteiger partial charge in [-0.2, -0.15) is 0 Å². The number of amides is 2. The lowest BCUT2D eigenvalue weighted by Crippen LogP contribution is -2.49. The molecule has 31 heavy (non-hydrogen) atoms. The molecule has 8 nitrogen and oxygen atoms in total. The molecule has 1 saturated heterocycles. The quantitative estimate of drug-likeness (QED) is 0.642. The highest BCUT2D eigenvalue weighted by Crippen LogP contribution is 2.24. The number of carbonyl (C=O) groups excluding carboxylic acids is 2. The lowest BCUT2D eigenvalue weighted by Gasteiger charge is -2.38. The van der Waals surface area contributed by atoms with Gasteiger partial charge < -0.3 is 20.4 Å². The van der Waals surface area contributed by atoms with Crippen molar-refractivity contribution in [2.45, 2.75) is 12.6 Å². The molecule has 1 aliphatic rings. The van der Waals surface area contributed by atoms with Gasteiger partial charge in [-0.05, 0) is 36.4 Å². The van der Waals surface area contributed by atoms with E-state index >= 15 is 0 Å². The summed E-state index contributed by atoms with van der Waals surface area (Å²) in [5.41, 5.74) is 3.10. The minimum atomic E-state index is -0.635. The zero-order valence-electron chi connectivity index (χ0n) is 18.5. The third-order valence-electron chi connectivity index (χ3n) is 5.61. The average molecular weight is 425 g/mol. The van der Waals surface area contributed by atoms with Crippen LogP contribution in [0.15, 0.2) is 48.8 Å². The topological polar surface area (TPSA) is 80.8 Å². The van der Waals surface area contributed by atoms with Crippen molar-refractivity contribution in [2.24, 2.45) is 0 Å². The number of aromatic nitrogens is 1. The molecular formula is C23H32N6O2. The smallest absolute Gasteiger partial charge is 0.309 e. The van der Waals surface area contributed by atoms with Crippen LogP contribution in [0, 0.1) is 0 Å². The first-order chi connectivity index (χ1) is 14.9. The van der Waals surface area contributed by atoms with Crippen LogP contribution in [-0.4, -0.2) is 80.5 Å². The number of nitrogens with one attached hydrogen (secondary N) is 2. The molecule has 2 amide bonds. The van der Waals surface area contributed by atoms with E-state index < -0.39 is 11.8 Å². The number of pyridine rings is 1. The Balaban J connectivity index is 1.62. The van der Waals surface area contributed by atoms with Gasteiger partial charge in [0.2, 0.25) is 0 Å². The summed E-state index contributed by atoms with van der Waals surface area (Å²) in [4.78, 5) is 35.4. The highest BCUT2D eigenvalue weighted by atomic mass is 16.2. The monoisotopic (exact) mass is 424 g/mol. The number of anilines is 1. The van der Waals surface area contributed by atoms with Gasteiger partial charge in [-0.15, -0.1) is 0 Å². The van der Waals surface area contributed by atoms with Gasteiger partial charge in [0.15, 0.2) is 0 Å². The third-order valence-corrected chi connectivity index (χ3v) is 5.61. The lowest BCUT2D eigenvalue weighted by molar-refractivity contribution is -0.139. The Morgan fingerprint density at radius 1 is 1.03 bits per heavy atom. The molecule has 0 saturated carbocycles.